The molecule has 0 radical (unpaired) electrons. The molecule has 0 aliphatic heterocycles. The quantitative estimate of drug-likeness (QED) is 0.532. The molecule has 3 heteroatoms. The van der Waals surface area contributed by atoms with Crippen molar-refractivity contribution in [2.45, 2.75) is 6.42 Å². The Morgan fingerprint density at radius 3 is 2.50 bits per heavy atom. The van der Waals surface area contributed by atoms with E-state index in [0.717, 1.165) is 19.6 Å². The van der Waals surface area contributed by atoms with Crippen LogP contribution in [0.3, 0.4) is 0 Å². The van der Waals surface area contributed by atoms with Crippen molar-refractivity contribution in [2.24, 2.45) is 0 Å². The van der Waals surface area contributed by atoms with E-state index in [9.17, 15) is 0 Å². The van der Waals surface area contributed by atoms with E-state index in [1.54, 1.807) is 0 Å². The normalized spacial score (nSPS) is 10.5. The minimum atomic E-state index is 0.860. The molecule has 0 aliphatic rings. The van der Waals surface area contributed by atoms with Gasteiger partial charge in [0.05, 0.1) is 6.61 Å². The monoisotopic (exact) mass is 229 g/mol. The first-order chi connectivity index (χ1) is 3.77. The molecule has 0 aromatic rings. The van der Waals surface area contributed by atoms with E-state index in [0.29, 0.717) is 0 Å². The number of hydrogen-bond donors (Lipinski definition) is 0. The SMILES string of the molecule is CN(C)CCCOI. The van der Waals surface area contributed by atoms with E-state index in [2.05, 4.69) is 19.0 Å². The van der Waals surface area contributed by atoms with Crippen LogP contribution in [0, 0.1) is 0 Å². The fraction of sp³-hybridized carbons (Fsp3) is 1.00. The third kappa shape index (κ3) is 6.65. The van der Waals surface area contributed by atoms with E-state index < -0.39 is 0 Å². The van der Waals surface area contributed by atoms with Crippen LogP contribution in [0.5, 0.6) is 0 Å². The molecular formula is C5H12INO. The highest BCUT2D eigenvalue weighted by Crippen LogP contribution is 1.89. The second-order valence-corrected chi connectivity index (χ2v) is 2.59. The molecule has 0 heterocycles. The van der Waals surface area contributed by atoms with Crippen LogP contribution in [0.2, 0.25) is 0 Å². The van der Waals surface area contributed by atoms with Gasteiger partial charge in [0, 0.05) is 0 Å². The molecule has 0 unspecified atom stereocenters. The van der Waals surface area contributed by atoms with Gasteiger partial charge in [-0.3, -0.25) is 0 Å². The van der Waals surface area contributed by atoms with Crippen molar-refractivity contribution in [3.05, 3.63) is 0 Å². The molecule has 0 N–H and O–H groups in total. The van der Waals surface area contributed by atoms with Crippen LogP contribution in [-0.4, -0.2) is 32.1 Å². The van der Waals surface area contributed by atoms with Gasteiger partial charge in [0.2, 0.25) is 0 Å². The third-order valence-electron chi connectivity index (χ3n) is 0.827. The van der Waals surface area contributed by atoms with Crippen LogP contribution >= 0.6 is 23.0 Å². The van der Waals surface area contributed by atoms with Gasteiger partial charge in [0.1, 0.15) is 23.0 Å². The lowest BCUT2D eigenvalue weighted by molar-refractivity contribution is 0.340. The Bertz CT molecular complexity index is 49.7. The molecule has 0 spiro atoms. The molecule has 0 aromatic carbocycles. The summed E-state index contributed by atoms with van der Waals surface area (Å²) in [4.78, 5) is 2.15. The maximum atomic E-state index is 4.84. The van der Waals surface area contributed by atoms with Gasteiger partial charge in [-0.15, -0.1) is 0 Å². The average Bonchev–Trinajstić information content (AvgIpc) is 1.66. The highest BCUT2D eigenvalue weighted by molar-refractivity contribution is 14.1. The van der Waals surface area contributed by atoms with Gasteiger partial charge in [0.15, 0.2) is 0 Å². The van der Waals surface area contributed by atoms with Crippen LogP contribution in [0.15, 0.2) is 0 Å². The van der Waals surface area contributed by atoms with E-state index in [1.807, 2.05) is 23.0 Å². The first kappa shape index (κ1) is 8.65. The van der Waals surface area contributed by atoms with Crippen LogP contribution in [0.1, 0.15) is 6.42 Å². The molecule has 0 saturated heterocycles. The van der Waals surface area contributed by atoms with Crippen LogP contribution in [0.4, 0.5) is 0 Å². The summed E-state index contributed by atoms with van der Waals surface area (Å²) in [6.07, 6.45) is 1.12. The van der Waals surface area contributed by atoms with Crippen LogP contribution in [0.25, 0.3) is 0 Å². The molecule has 0 bridgehead atoms. The predicted molar refractivity (Wildman–Crippen MR) is 43.1 cm³/mol. The number of hydrogen-bond acceptors (Lipinski definition) is 2. The van der Waals surface area contributed by atoms with Gasteiger partial charge >= 0.3 is 0 Å². The lowest BCUT2D eigenvalue weighted by Gasteiger charge is -2.06. The fourth-order valence-corrected chi connectivity index (χ4v) is 0.747. The first-order valence-corrected chi connectivity index (χ1v) is 3.53. The number of rotatable bonds is 4. The second-order valence-electron chi connectivity index (χ2n) is 1.97. The van der Waals surface area contributed by atoms with Crippen molar-refractivity contribution in [1.29, 1.82) is 0 Å². The molecule has 50 valence electrons. The standard InChI is InChI=1S/C5H12INO/c1-7(2)4-3-5-8-6/h3-5H2,1-2H3. The van der Waals surface area contributed by atoms with E-state index in [4.69, 9.17) is 3.07 Å². The maximum absolute atomic E-state index is 4.84. The summed E-state index contributed by atoms with van der Waals surface area (Å²) in [6.45, 7) is 1.97. The highest BCUT2D eigenvalue weighted by Gasteiger charge is 1.87. The van der Waals surface area contributed by atoms with Gasteiger partial charge < -0.3 is 7.97 Å². The molecule has 0 atom stereocenters. The van der Waals surface area contributed by atoms with Crippen LogP contribution in [-0.2, 0) is 3.07 Å². The van der Waals surface area contributed by atoms with Crippen molar-refractivity contribution in [3.63, 3.8) is 0 Å². The Morgan fingerprint density at radius 2 is 2.12 bits per heavy atom. The summed E-state index contributed by atoms with van der Waals surface area (Å²) in [6, 6.07) is 0. The predicted octanol–water partition coefficient (Wildman–Crippen LogP) is 1.30. The van der Waals surface area contributed by atoms with Crippen molar-refractivity contribution in [2.75, 3.05) is 27.2 Å². The average molecular weight is 229 g/mol. The lowest BCUT2D eigenvalue weighted by Crippen LogP contribution is -2.13. The Kier molecular flexibility index (Phi) is 6.25. The second kappa shape index (κ2) is 5.78. The van der Waals surface area contributed by atoms with E-state index in [1.165, 1.54) is 0 Å². The van der Waals surface area contributed by atoms with E-state index >= 15 is 0 Å². The summed E-state index contributed by atoms with van der Waals surface area (Å²) in [5.74, 6) is 0. The minimum Gasteiger partial charge on any atom is -0.316 e. The van der Waals surface area contributed by atoms with Crippen LogP contribution < -0.4 is 0 Å². The largest absolute Gasteiger partial charge is 0.316 e. The first-order valence-electron chi connectivity index (χ1n) is 2.65. The molecule has 0 aromatic heterocycles. The molecule has 8 heavy (non-hydrogen) atoms. The summed E-state index contributed by atoms with van der Waals surface area (Å²) in [5, 5.41) is 0. The molecular weight excluding hydrogens is 217 g/mol. The van der Waals surface area contributed by atoms with Gasteiger partial charge in [-0.1, -0.05) is 0 Å². The Hall–Kier alpha value is 0.650. The van der Waals surface area contributed by atoms with Crippen molar-refractivity contribution < 1.29 is 3.07 Å². The van der Waals surface area contributed by atoms with Gasteiger partial charge in [-0.2, -0.15) is 0 Å². The van der Waals surface area contributed by atoms with Crippen molar-refractivity contribution >= 4 is 23.0 Å². The zero-order valence-electron chi connectivity index (χ0n) is 5.35. The topological polar surface area (TPSA) is 12.5 Å². The maximum Gasteiger partial charge on any atom is 0.109 e. The zero-order chi connectivity index (χ0) is 6.41. The lowest BCUT2D eigenvalue weighted by atomic mass is 10.4. The van der Waals surface area contributed by atoms with Gasteiger partial charge in [-0.25, -0.2) is 0 Å². The fourth-order valence-electron chi connectivity index (χ4n) is 0.435. The highest BCUT2D eigenvalue weighted by atomic mass is 127. The molecule has 0 fully saturated rings. The molecule has 2 nitrogen and oxygen atoms in total. The Labute approximate surface area is 64.9 Å². The van der Waals surface area contributed by atoms with Gasteiger partial charge in [0.25, 0.3) is 0 Å². The summed E-state index contributed by atoms with van der Waals surface area (Å²) in [5.41, 5.74) is 0. The number of halogens is 1. The minimum absolute atomic E-state index is 0.860. The smallest absolute Gasteiger partial charge is 0.109 e. The van der Waals surface area contributed by atoms with Crippen molar-refractivity contribution in [3.8, 4) is 0 Å². The Morgan fingerprint density at radius 1 is 1.50 bits per heavy atom. The molecule has 0 amide bonds. The molecule has 0 saturated carbocycles. The zero-order valence-corrected chi connectivity index (χ0v) is 7.51. The summed E-state index contributed by atoms with van der Waals surface area (Å²) >= 11 is 1.92. The molecule has 0 rings (SSSR count). The molecule has 0 aliphatic carbocycles. The van der Waals surface area contributed by atoms with Gasteiger partial charge in [-0.05, 0) is 27.1 Å². The third-order valence-corrected chi connectivity index (χ3v) is 1.27. The Balaban J connectivity index is 2.72. The summed E-state index contributed by atoms with van der Waals surface area (Å²) < 4.78 is 4.84. The number of nitrogens with zero attached hydrogens (tertiary/aromatic N) is 1. The van der Waals surface area contributed by atoms with Crippen molar-refractivity contribution in [1.82, 2.24) is 4.90 Å². The van der Waals surface area contributed by atoms with E-state index in [-0.39, 0.29) is 0 Å². The summed E-state index contributed by atoms with van der Waals surface area (Å²) in [7, 11) is 4.13.